The van der Waals surface area contributed by atoms with Crippen molar-refractivity contribution in [2.24, 2.45) is 0 Å². The summed E-state index contributed by atoms with van der Waals surface area (Å²) in [4.78, 5) is 14.2. The minimum Gasteiger partial charge on any atom is -0.341 e. The lowest BCUT2D eigenvalue weighted by Crippen LogP contribution is -2.46. The normalized spacial score (nSPS) is 17.1. The Labute approximate surface area is 130 Å². The molecule has 20 heavy (non-hydrogen) atoms. The third-order valence-corrected chi connectivity index (χ3v) is 4.37. The average Bonchev–Trinajstić information content (AvgIpc) is 2.48. The van der Waals surface area contributed by atoms with Gasteiger partial charge in [0, 0.05) is 19.6 Å². The summed E-state index contributed by atoms with van der Waals surface area (Å²) >= 11 is 11.9. The number of carbonyl (C=O) groups excluding carboxylic acids is 1. The number of benzene rings is 1. The van der Waals surface area contributed by atoms with Crippen LogP contribution in [0.15, 0.2) is 18.2 Å². The van der Waals surface area contributed by atoms with Crippen molar-refractivity contribution in [3.63, 3.8) is 0 Å². The third kappa shape index (κ3) is 4.11. The largest absolute Gasteiger partial charge is 0.341 e. The smallest absolute Gasteiger partial charge is 0.239 e. The Hall–Kier alpha value is -0.770. The van der Waals surface area contributed by atoms with Crippen LogP contribution in [0.1, 0.15) is 31.7 Å². The molecule has 0 radical (unpaired) electrons. The highest BCUT2D eigenvalue weighted by Gasteiger charge is 2.21. The molecule has 1 unspecified atom stereocenters. The van der Waals surface area contributed by atoms with E-state index in [1.165, 1.54) is 6.42 Å². The number of carbonyl (C=O) groups is 1. The molecule has 1 N–H and O–H groups in total. The first-order chi connectivity index (χ1) is 9.58. The topological polar surface area (TPSA) is 32.3 Å². The van der Waals surface area contributed by atoms with Gasteiger partial charge in [-0.1, -0.05) is 29.3 Å². The SMILES string of the molecule is CC(NCc1ccc(Cl)c(Cl)c1)C(=O)N1CCCCC1. The molecule has 1 fully saturated rings. The van der Waals surface area contributed by atoms with E-state index in [-0.39, 0.29) is 11.9 Å². The number of halogens is 2. The van der Waals surface area contributed by atoms with Crippen LogP contribution in [0, 0.1) is 0 Å². The molecular weight excluding hydrogens is 295 g/mol. The second-order valence-corrected chi connectivity index (χ2v) is 6.05. The molecule has 2 rings (SSSR count). The highest BCUT2D eigenvalue weighted by Crippen LogP contribution is 2.22. The Balaban J connectivity index is 1.85. The van der Waals surface area contributed by atoms with Crippen LogP contribution in [0.3, 0.4) is 0 Å². The Kier molecular flexibility index (Phi) is 5.70. The molecule has 1 atom stereocenters. The Morgan fingerprint density at radius 3 is 2.60 bits per heavy atom. The van der Waals surface area contributed by atoms with Crippen molar-refractivity contribution < 1.29 is 4.79 Å². The van der Waals surface area contributed by atoms with Gasteiger partial charge in [-0.3, -0.25) is 4.79 Å². The predicted octanol–water partition coefficient (Wildman–Crippen LogP) is 3.48. The molecule has 1 aromatic rings. The zero-order valence-corrected chi connectivity index (χ0v) is 13.2. The lowest BCUT2D eigenvalue weighted by atomic mass is 10.1. The van der Waals surface area contributed by atoms with Crippen molar-refractivity contribution >= 4 is 29.1 Å². The zero-order chi connectivity index (χ0) is 14.5. The molecule has 110 valence electrons. The van der Waals surface area contributed by atoms with E-state index in [9.17, 15) is 4.79 Å². The van der Waals surface area contributed by atoms with Crippen LogP contribution in [-0.2, 0) is 11.3 Å². The molecule has 0 bridgehead atoms. The highest BCUT2D eigenvalue weighted by atomic mass is 35.5. The van der Waals surface area contributed by atoms with Crippen molar-refractivity contribution in [2.45, 2.75) is 38.8 Å². The van der Waals surface area contributed by atoms with Crippen LogP contribution in [0.5, 0.6) is 0 Å². The molecule has 1 heterocycles. The number of amides is 1. The van der Waals surface area contributed by atoms with Crippen LogP contribution < -0.4 is 5.32 Å². The van der Waals surface area contributed by atoms with Crippen LogP contribution in [0.25, 0.3) is 0 Å². The number of nitrogens with one attached hydrogen (secondary N) is 1. The molecule has 0 saturated carbocycles. The summed E-state index contributed by atoms with van der Waals surface area (Å²) in [7, 11) is 0. The molecule has 0 aliphatic carbocycles. The maximum absolute atomic E-state index is 12.3. The molecule has 3 nitrogen and oxygen atoms in total. The standard InChI is InChI=1S/C15H20Cl2N2O/c1-11(15(20)19-7-3-2-4-8-19)18-10-12-5-6-13(16)14(17)9-12/h5-6,9,11,18H,2-4,7-8,10H2,1H3. The minimum absolute atomic E-state index is 0.178. The van der Waals surface area contributed by atoms with Crippen molar-refractivity contribution in [1.29, 1.82) is 0 Å². The summed E-state index contributed by atoms with van der Waals surface area (Å²) < 4.78 is 0. The average molecular weight is 315 g/mol. The summed E-state index contributed by atoms with van der Waals surface area (Å²) in [5, 5.41) is 4.34. The maximum Gasteiger partial charge on any atom is 0.239 e. The van der Waals surface area contributed by atoms with Gasteiger partial charge in [0.15, 0.2) is 0 Å². The lowest BCUT2D eigenvalue weighted by molar-refractivity contribution is -0.133. The first-order valence-corrected chi connectivity index (χ1v) is 7.79. The molecule has 1 aliphatic rings. The molecule has 0 spiro atoms. The fraction of sp³-hybridized carbons (Fsp3) is 0.533. The van der Waals surface area contributed by atoms with E-state index in [1.54, 1.807) is 6.07 Å². The molecule has 1 aromatic carbocycles. The van der Waals surface area contributed by atoms with Crippen LogP contribution in [0.2, 0.25) is 10.0 Å². The van der Waals surface area contributed by atoms with Gasteiger partial charge < -0.3 is 10.2 Å². The number of piperidine rings is 1. The number of nitrogens with zero attached hydrogens (tertiary/aromatic N) is 1. The Bertz CT molecular complexity index is 473. The van der Waals surface area contributed by atoms with Gasteiger partial charge in [0.2, 0.25) is 5.91 Å². The van der Waals surface area contributed by atoms with Gasteiger partial charge >= 0.3 is 0 Å². The van der Waals surface area contributed by atoms with E-state index in [2.05, 4.69) is 5.32 Å². The molecule has 1 amide bonds. The van der Waals surface area contributed by atoms with Crippen molar-refractivity contribution in [1.82, 2.24) is 10.2 Å². The number of rotatable bonds is 4. The first kappa shape index (κ1) is 15.6. The number of hydrogen-bond acceptors (Lipinski definition) is 2. The summed E-state index contributed by atoms with van der Waals surface area (Å²) in [5.41, 5.74) is 1.03. The quantitative estimate of drug-likeness (QED) is 0.922. The monoisotopic (exact) mass is 314 g/mol. The summed E-state index contributed by atoms with van der Waals surface area (Å²) in [5.74, 6) is 0.185. The van der Waals surface area contributed by atoms with Gasteiger partial charge in [0.25, 0.3) is 0 Å². The molecule has 1 aliphatic heterocycles. The van der Waals surface area contributed by atoms with Crippen LogP contribution in [0.4, 0.5) is 0 Å². The van der Waals surface area contributed by atoms with Crippen molar-refractivity contribution in [3.8, 4) is 0 Å². The van der Waals surface area contributed by atoms with Gasteiger partial charge in [-0.2, -0.15) is 0 Å². The van der Waals surface area contributed by atoms with E-state index in [4.69, 9.17) is 23.2 Å². The summed E-state index contributed by atoms with van der Waals surface area (Å²) in [6, 6.07) is 5.34. The second kappa shape index (κ2) is 7.30. The van der Waals surface area contributed by atoms with Gasteiger partial charge in [0.1, 0.15) is 0 Å². The first-order valence-electron chi connectivity index (χ1n) is 7.04. The van der Waals surface area contributed by atoms with E-state index in [1.807, 2.05) is 24.0 Å². The summed E-state index contributed by atoms with van der Waals surface area (Å²) in [6.45, 7) is 4.29. The molecule has 1 saturated heterocycles. The minimum atomic E-state index is -0.178. The number of likely N-dealkylation sites (tertiary alicyclic amines) is 1. The maximum atomic E-state index is 12.3. The van der Waals surface area contributed by atoms with Gasteiger partial charge in [0.05, 0.1) is 16.1 Å². The van der Waals surface area contributed by atoms with Crippen LogP contribution >= 0.6 is 23.2 Å². The predicted molar refractivity (Wildman–Crippen MR) is 83.2 cm³/mol. The Morgan fingerprint density at radius 2 is 1.95 bits per heavy atom. The Morgan fingerprint density at radius 1 is 1.25 bits per heavy atom. The van der Waals surface area contributed by atoms with Gasteiger partial charge in [-0.25, -0.2) is 0 Å². The van der Waals surface area contributed by atoms with E-state index in [0.717, 1.165) is 31.5 Å². The van der Waals surface area contributed by atoms with E-state index in [0.29, 0.717) is 16.6 Å². The van der Waals surface area contributed by atoms with Crippen molar-refractivity contribution in [3.05, 3.63) is 33.8 Å². The van der Waals surface area contributed by atoms with Gasteiger partial charge in [-0.15, -0.1) is 0 Å². The lowest BCUT2D eigenvalue weighted by Gasteiger charge is -2.29. The second-order valence-electron chi connectivity index (χ2n) is 5.24. The van der Waals surface area contributed by atoms with E-state index < -0.39 is 0 Å². The van der Waals surface area contributed by atoms with Gasteiger partial charge in [-0.05, 0) is 43.9 Å². The van der Waals surface area contributed by atoms with Crippen molar-refractivity contribution in [2.75, 3.05) is 13.1 Å². The fourth-order valence-corrected chi connectivity index (χ4v) is 2.72. The third-order valence-electron chi connectivity index (χ3n) is 3.63. The highest BCUT2D eigenvalue weighted by molar-refractivity contribution is 6.42. The van der Waals surface area contributed by atoms with Crippen LogP contribution in [-0.4, -0.2) is 29.9 Å². The summed E-state index contributed by atoms with van der Waals surface area (Å²) in [6.07, 6.45) is 3.46. The molecule has 5 heteroatoms. The fourth-order valence-electron chi connectivity index (χ4n) is 2.40. The molecular formula is C15H20Cl2N2O. The zero-order valence-electron chi connectivity index (χ0n) is 11.7. The molecule has 0 aromatic heterocycles. The van der Waals surface area contributed by atoms with E-state index >= 15 is 0 Å². The number of hydrogen-bond donors (Lipinski definition) is 1.